The summed E-state index contributed by atoms with van der Waals surface area (Å²) in [6.07, 6.45) is 3.52. The Labute approximate surface area is 140 Å². The van der Waals surface area contributed by atoms with Gasteiger partial charge in [-0.25, -0.2) is 4.79 Å². The third-order valence-corrected chi connectivity index (χ3v) is 4.29. The third kappa shape index (κ3) is 2.68. The summed E-state index contributed by atoms with van der Waals surface area (Å²) in [5.41, 5.74) is 0.685. The van der Waals surface area contributed by atoms with Gasteiger partial charge < -0.3 is 24.1 Å². The van der Waals surface area contributed by atoms with Crippen molar-refractivity contribution >= 4 is 11.7 Å². The first-order chi connectivity index (χ1) is 11.5. The Kier molecular flexibility index (Phi) is 3.40. The number of nitrogens with zero attached hydrogens (tertiary/aromatic N) is 1. The van der Waals surface area contributed by atoms with Gasteiger partial charge in [-0.15, -0.1) is 0 Å². The molecule has 1 fully saturated rings. The number of ether oxygens (including phenoxy) is 2. The first kappa shape index (κ1) is 14.9. The maximum Gasteiger partial charge on any atom is 0.322 e. The predicted octanol–water partition coefficient (Wildman–Crippen LogP) is 4.16. The number of furan rings is 1. The number of rotatable bonds is 2. The first-order valence-corrected chi connectivity index (χ1v) is 8.15. The highest BCUT2D eigenvalue weighted by atomic mass is 16.7. The van der Waals surface area contributed by atoms with Crippen molar-refractivity contribution in [1.29, 1.82) is 0 Å². The molecule has 2 aromatic rings. The van der Waals surface area contributed by atoms with Crippen LogP contribution in [0.2, 0.25) is 0 Å². The van der Waals surface area contributed by atoms with Gasteiger partial charge in [-0.05, 0) is 37.1 Å². The Balaban J connectivity index is 1.49. The second-order valence-corrected chi connectivity index (χ2v) is 6.56. The SMILES string of the molecule is CC1(C)Oc2ccc(NC(=O)N3CCC[C@H]3c3ccco3)cc2O1. The molecule has 1 aromatic carbocycles. The minimum absolute atomic E-state index is 0.00653. The molecule has 1 saturated heterocycles. The second-order valence-electron chi connectivity index (χ2n) is 6.56. The lowest BCUT2D eigenvalue weighted by Crippen LogP contribution is -2.34. The topological polar surface area (TPSA) is 63.9 Å². The van der Waals surface area contributed by atoms with E-state index in [2.05, 4.69) is 5.32 Å². The van der Waals surface area contributed by atoms with E-state index in [0.29, 0.717) is 17.2 Å². The standard InChI is InChI=1S/C18H20N2O4/c1-18(2)23-15-8-7-12(11-16(15)24-18)19-17(21)20-9-3-5-13(20)14-6-4-10-22-14/h4,6-8,10-11,13H,3,5,9H2,1-2H3,(H,19,21)/t13-/m0/s1. The molecule has 2 amide bonds. The molecule has 0 saturated carbocycles. The highest BCUT2D eigenvalue weighted by Gasteiger charge is 2.33. The number of hydrogen-bond acceptors (Lipinski definition) is 4. The van der Waals surface area contributed by atoms with Crippen LogP contribution in [0.1, 0.15) is 38.5 Å². The molecule has 2 aliphatic rings. The number of anilines is 1. The summed E-state index contributed by atoms with van der Waals surface area (Å²) in [5, 5.41) is 2.94. The van der Waals surface area contributed by atoms with Crippen LogP contribution in [0.3, 0.4) is 0 Å². The van der Waals surface area contributed by atoms with Gasteiger partial charge in [0.1, 0.15) is 5.76 Å². The van der Waals surface area contributed by atoms with Crippen molar-refractivity contribution in [2.24, 2.45) is 0 Å². The molecule has 126 valence electrons. The molecule has 1 atom stereocenters. The van der Waals surface area contributed by atoms with E-state index in [1.807, 2.05) is 43.0 Å². The highest BCUT2D eigenvalue weighted by Crippen LogP contribution is 2.41. The zero-order valence-corrected chi connectivity index (χ0v) is 13.7. The molecule has 0 radical (unpaired) electrons. The van der Waals surface area contributed by atoms with Crippen LogP contribution in [0.15, 0.2) is 41.0 Å². The molecule has 24 heavy (non-hydrogen) atoms. The molecule has 3 heterocycles. The summed E-state index contributed by atoms with van der Waals surface area (Å²) < 4.78 is 16.9. The third-order valence-electron chi connectivity index (χ3n) is 4.29. The molecular formula is C18H20N2O4. The lowest BCUT2D eigenvalue weighted by atomic mass is 10.2. The average Bonchev–Trinajstić information content (AvgIpc) is 3.24. The lowest BCUT2D eigenvalue weighted by molar-refractivity contribution is -0.0431. The molecule has 0 bridgehead atoms. The number of benzene rings is 1. The van der Waals surface area contributed by atoms with Crippen molar-refractivity contribution in [3.05, 3.63) is 42.4 Å². The monoisotopic (exact) mass is 328 g/mol. The van der Waals surface area contributed by atoms with Gasteiger partial charge in [-0.3, -0.25) is 0 Å². The zero-order valence-electron chi connectivity index (χ0n) is 13.7. The summed E-state index contributed by atoms with van der Waals surface area (Å²) in [6.45, 7) is 4.42. The van der Waals surface area contributed by atoms with E-state index in [0.717, 1.165) is 25.1 Å². The molecule has 1 aromatic heterocycles. The van der Waals surface area contributed by atoms with E-state index in [9.17, 15) is 4.79 Å². The van der Waals surface area contributed by atoms with Gasteiger partial charge in [0, 0.05) is 32.1 Å². The highest BCUT2D eigenvalue weighted by molar-refractivity contribution is 5.90. The molecule has 2 aliphatic heterocycles. The largest absolute Gasteiger partial charge is 0.467 e. The van der Waals surface area contributed by atoms with Gasteiger partial charge >= 0.3 is 6.03 Å². The maximum absolute atomic E-state index is 12.6. The Bertz CT molecular complexity index is 754. The summed E-state index contributed by atoms with van der Waals surface area (Å²) in [5.74, 6) is 1.48. The predicted molar refractivity (Wildman–Crippen MR) is 88.2 cm³/mol. The number of carbonyl (C=O) groups excluding carboxylic acids is 1. The van der Waals surface area contributed by atoms with Crippen LogP contribution in [0.25, 0.3) is 0 Å². The molecule has 0 aliphatic carbocycles. The van der Waals surface area contributed by atoms with Gasteiger partial charge in [0.25, 0.3) is 0 Å². The van der Waals surface area contributed by atoms with Crippen LogP contribution in [-0.2, 0) is 0 Å². The molecule has 4 rings (SSSR count). The van der Waals surface area contributed by atoms with Crippen LogP contribution in [0.5, 0.6) is 11.5 Å². The quantitative estimate of drug-likeness (QED) is 0.899. The van der Waals surface area contributed by atoms with Crippen LogP contribution in [0, 0.1) is 0 Å². The Morgan fingerprint density at radius 1 is 1.25 bits per heavy atom. The number of urea groups is 1. The van der Waals surface area contributed by atoms with E-state index in [4.69, 9.17) is 13.9 Å². The molecule has 0 spiro atoms. The summed E-state index contributed by atoms with van der Waals surface area (Å²) >= 11 is 0. The molecule has 6 nitrogen and oxygen atoms in total. The van der Waals surface area contributed by atoms with E-state index < -0.39 is 5.79 Å². The van der Waals surface area contributed by atoms with Crippen LogP contribution in [-0.4, -0.2) is 23.3 Å². The van der Waals surface area contributed by atoms with Crippen molar-refractivity contribution < 1.29 is 18.7 Å². The fraction of sp³-hybridized carbons (Fsp3) is 0.389. The average molecular weight is 328 g/mol. The number of amides is 2. The molecule has 1 N–H and O–H groups in total. The summed E-state index contributed by atoms with van der Waals surface area (Å²) in [6, 6.07) is 9.05. The number of fused-ring (bicyclic) bond motifs is 1. The van der Waals surface area contributed by atoms with Crippen molar-refractivity contribution in [2.75, 3.05) is 11.9 Å². The molecule has 0 unspecified atom stereocenters. The normalized spacial score (nSPS) is 21.1. The van der Waals surface area contributed by atoms with Gasteiger partial charge in [0.2, 0.25) is 5.79 Å². The lowest BCUT2D eigenvalue weighted by Gasteiger charge is -2.23. The molecule has 6 heteroatoms. The van der Waals surface area contributed by atoms with E-state index in [1.54, 1.807) is 12.3 Å². The Morgan fingerprint density at radius 2 is 2.08 bits per heavy atom. The van der Waals surface area contributed by atoms with Crippen molar-refractivity contribution in [2.45, 2.75) is 38.5 Å². The van der Waals surface area contributed by atoms with Crippen molar-refractivity contribution in [3.63, 3.8) is 0 Å². The fourth-order valence-electron chi connectivity index (χ4n) is 3.28. The van der Waals surface area contributed by atoms with E-state index >= 15 is 0 Å². The Hall–Kier alpha value is -2.63. The van der Waals surface area contributed by atoms with Crippen LogP contribution < -0.4 is 14.8 Å². The summed E-state index contributed by atoms with van der Waals surface area (Å²) in [7, 11) is 0. The number of carbonyl (C=O) groups is 1. The van der Waals surface area contributed by atoms with Gasteiger partial charge in [-0.1, -0.05) is 0 Å². The van der Waals surface area contributed by atoms with Gasteiger partial charge in [0.15, 0.2) is 11.5 Å². The maximum atomic E-state index is 12.6. The van der Waals surface area contributed by atoms with Crippen molar-refractivity contribution in [3.8, 4) is 11.5 Å². The number of hydrogen-bond donors (Lipinski definition) is 1. The fourth-order valence-corrected chi connectivity index (χ4v) is 3.28. The van der Waals surface area contributed by atoms with Crippen molar-refractivity contribution in [1.82, 2.24) is 4.90 Å². The Morgan fingerprint density at radius 3 is 2.88 bits per heavy atom. The minimum atomic E-state index is -0.676. The van der Waals surface area contributed by atoms with Gasteiger partial charge in [-0.2, -0.15) is 0 Å². The zero-order chi connectivity index (χ0) is 16.7. The van der Waals surface area contributed by atoms with Gasteiger partial charge in [0.05, 0.1) is 12.3 Å². The van der Waals surface area contributed by atoms with E-state index in [-0.39, 0.29) is 12.1 Å². The molecular weight excluding hydrogens is 308 g/mol. The summed E-state index contributed by atoms with van der Waals surface area (Å²) in [4.78, 5) is 14.5. The first-order valence-electron chi connectivity index (χ1n) is 8.15. The van der Waals surface area contributed by atoms with E-state index in [1.165, 1.54) is 0 Å². The number of likely N-dealkylation sites (tertiary alicyclic amines) is 1. The smallest absolute Gasteiger partial charge is 0.322 e. The minimum Gasteiger partial charge on any atom is -0.467 e. The second kappa shape index (κ2) is 5.47. The van der Waals surface area contributed by atoms with Crippen LogP contribution >= 0.6 is 0 Å². The number of nitrogens with one attached hydrogen (secondary N) is 1. The van der Waals surface area contributed by atoms with Crippen LogP contribution in [0.4, 0.5) is 10.5 Å².